The summed E-state index contributed by atoms with van der Waals surface area (Å²) in [6.45, 7) is 3.91. The summed E-state index contributed by atoms with van der Waals surface area (Å²) in [6.07, 6.45) is 1.96. The first-order valence-electron chi connectivity index (χ1n) is 6.49. The Morgan fingerprint density at radius 3 is 2.58 bits per heavy atom. The van der Waals surface area contributed by atoms with Gasteiger partial charge in [-0.15, -0.1) is 11.3 Å². The highest BCUT2D eigenvalue weighted by molar-refractivity contribution is 7.11. The Balaban J connectivity index is 2.02. The van der Waals surface area contributed by atoms with Gasteiger partial charge < -0.3 is 10.2 Å². The number of thiazole rings is 1. The second kappa shape index (κ2) is 6.80. The van der Waals surface area contributed by atoms with E-state index in [1.807, 2.05) is 13.1 Å². The molecule has 0 aliphatic heterocycles. The Labute approximate surface area is 119 Å². The topological polar surface area (TPSA) is 28.2 Å². The molecule has 1 atom stereocenters. The van der Waals surface area contributed by atoms with Crippen molar-refractivity contribution >= 4 is 11.3 Å². The van der Waals surface area contributed by atoms with Crippen LogP contribution in [0.5, 0.6) is 0 Å². The second-order valence-electron chi connectivity index (χ2n) is 4.95. The molecule has 1 aromatic heterocycles. The number of rotatable bonds is 6. The molecular weight excluding hydrogens is 254 g/mol. The highest BCUT2D eigenvalue weighted by atomic mass is 32.1. The summed E-state index contributed by atoms with van der Waals surface area (Å²) in [6, 6.07) is 11.0. The summed E-state index contributed by atoms with van der Waals surface area (Å²) in [5.41, 5.74) is 1.33. The van der Waals surface area contributed by atoms with Crippen molar-refractivity contribution in [3.63, 3.8) is 0 Å². The van der Waals surface area contributed by atoms with E-state index >= 15 is 0 Å². The van der Waals surface area contributed by atoms with Gasteiger partial charge in [-0.25, -0.2) is 4.98 Å². The minimum atomic E-state index is 0.346. The third kappa shape index (κ3) is 4.42. The number of nitrogens with zero attached hydrogens (tertiary/aromatic N) is 2. The summed E-state index contributed by atoms with van der Waals surface area (Å²) in [4.78, 5) is 7.80. The van der Waals surface area contributed by atoms with Gasteiger partial charge in [0.2, 0.25) is 0 Å². The van der Waals surface area contributed by atoms with Gasteiger partial charge in [0.05, 0.1) is 5.01 Å². The maximum absolute atomic E-state index is 4.30. The van der Waals surface area contributed by atoms with E-state index in [0.717, 1.165) is 18.1 Å². The average Bonchev–Trinajstić information content (AvgIpc) is 2.81. The Bertz CT molecular complexity index is 493. The van der Waals surface area contributed by atoms with Crippen molar-refractivity contribution in [2.45, 2.75) is 19.5 Å². The van der Waals surface area contributed by atoms with Crippen LogP contribution in [0.2, 0.25) is 0 Å². The number of aromatic nitrogens is 1. The monoisotopic (exact) mass is 275 g/mol. The predicted octanol–water partition coefficient (Wildman–Crippen LogP) is 2.84. The number of hydrogen-bond donors (Lipinski definition) is 1. The molecule has 1 aromatic carbocycles. The van der Waals surface area contributed by atoms with Crippen molar-refractivity contribution in [3.8, 4) is 0 Å². The Morgan fingerprint density at radius 1 is 1.26 bits per heavy atom. The molecule has 0 radical (unpaired) electrons. The molecular formula is C15H21N3S. The molecule has 0 spiro atoms. The molecule has 0 bridgehead atoms. The first-order chi connectivity index (χ1) is 9.15. The maximum Gasteiger partial charge on any atom is 0.0897 e. The molecule has 0 amide bonds. The lowest BCUT2D eigenvalue weighted by atomic mass is 10.1. The summed E-state index contributed by atoms with van der Waals surface area (Å²) >= 11 is 1.76. The van der Waals surface area contributed by atoms with E-state index in [2.05, 4.69) is 59.6 Å². The Morgan fingerprint density at radius 2 is 2.00 bits per heavy atom. The molecule has 19 heavy (non-hydrogen) atoms. The van der Waals surface area contributed by atoms with Gasteiger partial charge in [0, 0.05) is 30.2 Å². The highest BCUT2D eigenvalue weighted by Gasteiger charge is 2.12. The molecule has 1 unspecified atom stereocenters. The molecule has 2 rings (SSSR count). The maximum atomic E-state index is 4.30. The van der Waals surface area contributed by atoms with Crippen molar-refractivity contribution in [2.24, 2.45) is 0 Å². The van der Waals surface area contributed by atoms with E-state index < -0.39 is 0 Å². The second-order valence-corrected chi connectivity index (χ2v) is 6.27. The van der Waals surface area contributed by atoms with Crippen LogP contribution in [0.4, 0.5) is 0 Å². The fourth-order valence-electron chi connectivity index (χ4n) is 2.05. The van der Waals surface area contributed by atoms with Crippen LogP contribution in [0, 0.1) is 6.92 Å². The molecule has 1 N–H and O–H groups in total. The number of likely N-dealkylation sites (N-methyl/N-ethyl adjacent to an activating group) is 1. The van der Waals surface area contributed by atoms with Gasteiger partial charge in [0.15, 0.2) is 0 Å². The van der Waals surface area contributed by atoms with Crippen molar-refractivity contribution in [2.75, 3.05) is 20.6 Å². The van der Waals surface area contributed by atoms with Gasteiger partial charge in [0.25, 0.3) is 0 Å². The minimum Gasteiger partial charge on any atom is -0.308 e. The van der Waals surface area contributed by atoms with Crippen LogP contribution < -0.4 is 5.32 Å². The first-order valence-corrected chi connectivity index (χ1v) is 7.31. The largest absolute Gasteiger partial charge is 0.308 e. The van der Waals surface area contributed by atoms with Gasteiger partial charge in [-0.2, -0.15) is 0 Å². The molecule has 0 fully saturated rings. The van der Waals surface area contributed by atoms with Gasteiger partial charge >= 0.3 is 0 Å². The van der Waals surface area contributed by atoms with Crippen molar-refractivity contribution in [3.05, 3.63) is 52.0 Å². The third-order valence-electron chi connectivity index (χ3n) is 2.94. The molecule has 3 nitrogen and oxygen atoms in total. The van der Waals surface area contributed by atoms with Gasteiger partial charge in [0.1, 0.15) is 0 Å². The molecule has 0 saturated carbocycles. The Kier molecular flexibility index (Phi) is 5.07. The molecule has 102 valence electrons. The lowest BCUT2D eigenvalue weighted by Gasteiger charge is -2.22. The Hall–Kier alpha value is -1.23. The van der Waals surface area contributed by atoms with Gasteiger partial charge in [-0.1, -0.05) is 30.3 Å². The molecule has 2 aromatic rings. The van der Waals surface area contributed by atoms with E-state index in [0.29, 0.717) is 6.04 Å². The zero-order valence-electron chi connectivity index (χ0n) is 11.8. The number of aryl methyl sites for hydroxylation is 1. The zero-order valence-corrected chi connectivity index (χ0v) is 12.6. The van der Waals surface area contributed by atoms with Gasteiger partial charge in [-0.3, -0.25) is 0 Å². The summed E-state index contributed by atoms with van der Waals surface area (Å²) in [7, 11) is 4.21. The van der Waals surface area contributed by atoms with Crippen LogP contribution in [0.25, 0.3) is 0 Å². The van der Waals surface area contributed by atoms with E-state index in [-0.39, 0.29) is 0 Å². The quantitative estimate of drug-likeness (QED) is 0.878. The van der Waals surface area contributed by atoms with Crippen molar-refractivity contribution in [1.29, 1.82) is 0 Å². The van der Waals surface area contributed by atoms with Crippen LogP contribution in [-0.2, 0) is 6.54 Å². The smallest absolute Gasteiger partial charge is 0.0897 e. The summed E-state index contributed by atoms with van der Waals surface area (Å²) < 4.78 is 0. The molecule has 0 aliphatic rings. The van der Waals surface area contributed by atoms with Crippen LogP contribution in [0.1, 0.15) is 21.5 Å². The minimum absolute atomic E-state index is 0.346. The van der Waals surface area contributed by atoms with Crippen LogP contribution in [0.3, 0.4) is 0 Å². The van der Waals surface area contributed by atoms with Crippen LogP contribution in [-0.4, -0.2) is 30.5 Å². The fraction of sp³-hybridized carbons (Fsp3) is 0.400. The summed E-state index contributed by atoms with van der Waals surface area (Å²) in [5, 5.41) is 4.75. The van der Waals surface area contributed by atoms with Gasteiger partial charge in [-0.05, 0) is 26.6 Å². The zero-order chi connectivity index (χ0) is 13.7. The molecule has 0 saturated heterocycles. The van der Waals surface area contributed by atoms with E-state index in [9.17, 15) is 0 Å². The standard InChI is InChI=1S/C15H21N3S/c1-12-16-9-14(19-12)10-17-15(11-18(2)3)13-7-5-4-6-8-13/h4-9,15,17H,10-11H2,1-3H3. The number of benzene rings is 1. The normalized spacial score (nSPS) is 12.8. The lowest BCUT2D eigenvalue weighted by molar-refractivity contribution is 0.341. The molecule has 0 aliphatic carbocycles. The fourth-order valence-corrected chi connectivity index (χ4v) is 2.79. The lowest BCUT2D eigenvalue weighted by Crippen LogP contribution is -2.30. The van der Waals surface area contributed by atoms with Crippen molar-refractivity contribution in [1.82, 2.24) is 15.2 Å². The van der Waals surface area contributed by atoms with E-state index in [1.165, 1.54) is 10.4 Å². The predicted molar refractivity (Wildman–Crippen MR) is 81.4 cm³/mol. The van der Waals surface area contributed by atoms with Crippen LogP contribution in [0.15, 0.2) is 36.5 Å². The van der Waals surface area contributed by atoms with E-state index in [4.69, 9.17) is 0 Å². The molecule has 4 heteroatoms. The average molecular weight is 275 g/mol. The summed E-state index contributed by atoms with van der Waals surface area (Å²) in [5.74, 6) is 0. The SMILES string of the molecule is Cc1ncc(CNC(CN(C)C)c2ccccc2)s1. The van der Waals surface area contributed by atoms with Crippen LogP contribution >= 0.6 is 11.3 Å². The number of hydrogen-bond acceptors (Lipinski definition) is 4. The first kappa shape index (κ1) is 14.2. The van der Waals surface area contributed by atoms with Crippen molar-refractivity contribution < 1.29 is 0 Å². The molecule has 1 heterocycles. The number of nitrogens with one attached hydrogen (secondary N) is 1. The van der Waals surface area contributed by atoms with E-state index in [1.54, 1.807) is 11.3 Å². The third-order valence-corrected chi connectivity index (χ3v) is 3.85. The highest BCUT2D eigenvalue weighted by Crippen LogP contribution is 2.16.